The van der Waals surface area contributed by atoms with Crippen LogP contribution in [-0.2, 0) is 14.3 Å². The Morgan fingerprint density at radius 3 is 2.07 bits per heavy atom. The molecule has 0 saturated heterocycles. The van der Waals surface area contributed by atoms with Crippen molar-refractivity contribution in [1.29, 1.82) is 0 Å². The summed E-state index contributed by atoms with van der Waals surface area (Å²) < 4.78 is 22.6. The molecular formula is C31H40ClN3O7. The van der Waals surface area contributed by atoms with Gasteiger partial charge in [-0.15, -0.1) is 0 Å². The van der Waals surface area contributed by atoms with Crippen LogP contribution in [0.4, 0.5) is 27.0 Å². The topological polar surface area (TPSA) is 120 Å². The number of nitrogens with zero attached hydrogens (tertiary/aromatic N) is 2. The largest absolute Gasteiger partial charge is 0.443 e. The van der Waals surface area contributed by atoms with Crippen LogP contribution < -0.4 is 15.0 Å². The Morgan fingerprint density at radius 1 is 0.976 bits per heavy atom. The molecule has 0 aliphatic rings. The zero-order valence-electron chi connectivity index (χ0n) is 25.8. The second-order valence-corrected chi connectivity index (χ2v) is 12.5. The molecule has 1 aromatic carbocycles. The van der Waals surface area contributed by atoms with Crippen molar-refractivity contribution in [1.82, 2.24) is 4.98 Å². The van der Waals surface area contributed by atoms with Gasteiger partial charge < -0.3 is 23.9 Å². The zero-order valence-corrected chi connectivity index (χ0v) is 26.6. The number of ether oxygens (including phenoxy) is 3. The van der Waals surface area contributed by atoms with Gasteiger partial charge in [0.15, 0.2) is 11.5 Å². The van der Waals surface area contributed by atoms with Crippen molar-refractivity contribution in [2.45, 2.75) is 80.4 Å². The number of carbonyl (C=O) groups excluding carboxylic acids is 3. The maximum absolute atomic E-state index is 13.3. The lowest BCUT2D eigenvalue weighted by atomic mass is 9.97. The minimum Gasteiger partial charge on any atom is -0.443 e. The summed E-state index contributed by atoms with van der Waals surface area (Å²) in [4.78, 5) is 44.5. The molecule has 11 heteroatoms. The first-order valence-corrected chi connectivity index (χ1v) is 13.7. The smallest absolute Gasteiger partial charge is 0.424 e. The summed E-state index contributed by atoms with van der Waals surface area (Å²) in [5.74, 6) is -0.214. The summed E-state index contributed by atoms with van der Waals surface area (Å²) in [5, 5.41) is 3.02. The van der Waals surface area contributed by atoms with Crippen molar-refractivity contribution < 1.29 is 33.0 Å². The van der Waals surface area contributed by atoms with Crippen LogP contribution >= 0.6 is 11.6 Å². The van der Waals surface area contributed by atoms with Gasteiger partial charge >= 0.3 is 18.2 Å². The van der Waals surface area contributed by atoms with Crippen LogP contribution in [0.25, 0.3) is 5.57 Å². The summed E-state index contributed by atoms with van der Waals surface area (Å²) >= 11 is 5.66. The van der Waals surface area contributed by atoms with Gasteiger partial charge in [-0.2, -0.15) is 4.90 Å². The van der Waals surface area contributed by atoms with Crippen LogP contribution in [0.3, 0.4) is 0 Å². The van der Waals surface area contributed by atoms with Crippen molar-refractivity contribution in [2.75, 3.05) is 10.2 Å². The Morgan fingerprint density at radius 2 is 1.57 bits per heavy atom. The molecule has 0 spiro atoms. The second kappa shape index (κ2) is 13.7. The number of esters is 1. The van der Waals surface area contributed by atoms with E-state index in [9.17, 15) is 14.4 Å². The highest BCUT2D eigenvalue weighted by molar-refractivity contribution is 6.25. The van der Waals surface area contributed by atoms with Crippen molar-refractivity contribution in [3.8, 4) is 5.75 Å². The Labute approximate surface area is 252 Å². The number of hydrogen-bond donors (Lipinski definition) is 1. The molecule has 2 aromatic rings. The molecule has 0 aliphatic heterocycles. The standard InChI is InChI=1S/C31H40ClN3O7/c1-11-13-20(14-12-17-32)24-19-33-26(40-24)34-21-15-16-22(23(18-21)39-25(36)29(2,3)4)35(27(37)41-30(5,6)7)28(38)42-31(8,9)10/h11-19H,1-10H3,(H,33,34)/b13-11-,17-12+,20-14+. The Bertz CT molecular complexity index is 1340. The maximum Gasteiger partial charge on any atom is 0.424 e. The molecule has 0 saturated carbocycles. The number of oxazole rings is 1. The summed E-state index contributed by atoms with van der Waals surface area (Å²) in [6.45, 7) is 16.9. The highest BCUT2D eigenvalue weighted by Gasteiger charge is 2.36. The normalized spacial score (nSPS) is 12.9. The van der Waals surface area contributed by atoms with Gasteiger partial charge in [0.1, 0.15) is 16.9 Å². The van der Waals surface area contributed by atoms with Gasteiger partial charge in [0, 0.05) is 22.9 Å². The molecule has 2 amide bonds. The number of amides is 2. The zero-order chi connectivity index (χ0) is 31.9. The van der Waals surface area contributed by atoms with Gasteiger partial charge in [0.05, 0.1) is 11.6 Å². The van der Waals surface area contributed by atoms with Crippen LogP contribution in [0.2, 0.25) is 0 Å². The first-order valence-electron chi connectivity index (χ1n) is 13.3. The van der Waals surface area contributed by atoms with Crippen molar-refractivity contribution in [3.63, 3.8) is 0 Å². The van der Waals surface area contributed by atoms with E-state index >= 15 is 0 Å². The van der Waals surface area contributed by atoms with Gasteiger partial charge in [0.2, 0.25) is 0 Å². The van der Waals surface area contributed by atoms with E-state index in [4.69, 9.17) is 30.2 Å². The average Bonchev–Trinajstić information content (AvgIpc) is 3.28. The fraction of sp³-hybridized carbons (Fsp3) is 0.419. The number of rotatable bonds is 7. The molecule has 0 unspecified atom stereocenters. The second-order valence-electron chi connectivity index (χ2n) is 12.2. The SMILES string of the molecule is C\C=C/C(=C\C=C\Cl)c1cnc(Nc2ccc(N(C(=O)OC(C)(C)C)C(=O)OC(C)(C)C)c(OC(=O)C(C)(C)C)c2)o1. The third kappa shape index (κ3) is 10.4. The fourth-order valence-corrected chi connectivity index (χ4v) is 3.20. The van der Waals surface area contributed by atoms with Crippen LogP contribution in [0.1, 0.15) is 75.0 Å². The van der Waals surface area contributed by atoms with E-state index in [0.29, 0.717) is 16.3 Å². The molecular weight excluding hydrogens is 562 g/mol. The van der Waals surface area contributed by atoms with E-state index in [1.807, 2.05) is 19.1 Å². The molecule has 0 bridgehead atoms. The summed E-state index contributed by atoms with van der Waals surface area (Å²) in [7, 11) is 0. The molecule has 2 rings (SSSR count). The van der Waals surface area contributed by atoms with E-state index < -0.39 is 34.8 Å². The van der Waals surface area contributed by atoms with E-state index in [2.05, 4.69) is 10.3 Å². The van der Waals surface area contributed by atoms with E-state index in [-0.39, 0.29) is 17.5 Å². The van der Waals surface area contributed by atoms with Gasteiger partial charge in [0.25, 0.3) is 6.01 Å². The quantitative estimate of drug-likeness (QED) is 0.188. The van der Waals surface area contributed by atoms with Crippen LogP contribution in [-0.4, -0.2) is 34.3 Å². The van der Waals surface area contributed by atoms with Crippen molar-refractivity contribution >= 4 is 52.7 Å². The Balaban J connectivity index is 2.61. The van der Waals surface area contributed by atoms with Gasteiger partial charge in [-0.05, 0) is 81.4 Å². The first kappa shape index (κ1) is 34.2. The molecule has 10 nitrogen and oxygen atoms in total. The molecule has 1 aromatic heterocycles. The number of halogens is 1. The molecule has 1 N–H and O–H groups in total. The highest BCUT2D eigenvalue weighted by Crippen LogP contribution is 2.36. The van der Waals surface area contributed by atoms with E-state index in [1.54, 1.807) is 80.5 Å². The number of aromatic nitrogens is 1. The third-order valence-corrected chi connectivity index (χ3v) is 5.05. The highest BCUT2D eigenvalue weighted by atomic mass is 35.5. The molecule has 0 aliphatic carbocycles. The number of imide groups is 1. The monoisotopic (exact) mass is 601 g/mol. The van der Waals surface area contributed by atoms with Crippen molar-refractivity contribution in [3.05, 3.63) is 60.0 Å². The number of anilines is 3. The molecule has 0 atom stereocenters. The van der Waals surface area contributed by atoms with Crippen LogP contribution in [0.5, 0.6) is 5.75 Å². The number of allylic oxidation sites excluding steroid dienone is 5. The molecule has 0 fully saturated rings. The summed E-state index contributed by atoms with van der Waals surface area (Å²) in [6.07, 6.45) is 6.63. The Hall–Kier alpha value is -4.05. The predicted octanol–water partition coefficient (Wildman–Crippen LogP) is 8.76. The van der Waals surface area contributed by atoms with Gasteiger partial charge in [-0.25, -0.2) is 14.6 Å². The minimum atomic E-state index is -1.00. The molecule has 228 valence electrons. The number of hydrogen-bond acceptors (Lipinski definition) is 9. The first-order chi connectivity index (χ1) is 19.3. The molecule has 0 radical (unpaired) electrons. The lowest BCUT2D eigenvalue weighted by Gasteiger charge is -2.29. The van der Waals surface area contributed by atoms with Gasteiger partial charge in [-0.3, -0.25) is 4.79 Å². The van der Waals surface area contributed by atoms with Crippen molar-refractivity contribution in [2.24, 2.45) is 5.41 Å². The lowest BCUT2D eigenvalue weighted by Crippen LogP contribution is -2.44. The summed E-state index contributed by atoms with van der Waals surface area (Å²) in [5.41, 5.74) is -0.300. The molecule has 1 heterocycles. The average molecular weight is 602 g/mol. The number of benzene rings is 1. The van der Waals surface area contributed by atoms with E-state index in [1.165, 1.54) is 23.9 Å². The number of nitrogens with one attached hydrogen (secondary N) is 1. The van der Waals surface area contributed by atoms with Crippen LogP contribution in [0.15, 0.2) is 58.7 Å². The maximum atomic E-state index is 13.3. The Kier molecular flexibility index (Phi) is 11.2. The fourth-order valence-electron chi connectivity index (χ4n) is 3.13. The molecule has 42 heavy (non-hydrogen) atoms. The number of carbonyl (C=O) groups is 3. The third-order valence-electron chi connectivity index (χ3n) is 4.90. The lowest BCUT2D eigenvalue weighted by molar-refractivity contribution is -0.142. The predicted molar refractivity (Wildman–Crippen MR) is 164 cm³/mol. The van der Waals surface area contributed by atoms with Gasteiger partial charge in [-0.1, -0.05) is 35.9 Å². The van der Waals surface area contributed by atoms with E-state index in [0.717, 1.165) is 5.57 Å². The summed E-state index contributed by atoms with van der Waals surface area (Å²) in [6, 6.07) is 4.59. The van der Waals surface area contributed by atoms with Crippen LogP contribution in [0, 0.1) is 5.41 Å². The minimum absolute atomic E-state index is 0.0547.